The van der Waals surface area contributed by atoms with Gasteiger partial charge in [0.15, 0.2) is 0 Å². The molecule has 14 heavy (non-hydrogen) atoms. The predicted octanol–water partition coefficient (Wildman–Crippen LogP) is 3.36. The SMILES string of the molecule is CCCNC(C)c1cc(C)ccc1C. The minimum atomic E-state index is 0.467. The molecule has 0 fully saturated rings. The van der Waals surface area contributed by atoms with E-state index in [0.717, 1.165) is 6.54 Å². The second kappa shape index (κ2) is 5.16. The number of nitrogens with one attached hydrogen (secondary N) is 1. The van der Waals surface area contributed by atoms with E-state index in [9.17, 15) is 0 Å². The average molecular weight is 191 g/mol. The van der Waals surface area contributed by atoms with Crippen molar-refractivity contribution in [3.63, 3.8) is 0 Å². The molecule has 0 aliphatic heterocycles. The van der Waals surface area contributed by atoms with Crippen molar-refractivity contribution in [1.29, 1.82) is 0 Å². The Balaban J connectivity index is 2.77. The summed E-state index contributed by atoms with van der Waals surface area (Å²) in [7, 11) is 0. The molecule has 1 unspecified atom stereocenters. The van der Waals surface area contributed by atoms with Crippen molar-refractivity contribution in [1.82, 2.24) is 5.32 Å². The molecule has 1 aromatic carbocycles. The van der Waals surface area contributed by atoms with Gasteiger partial charge in [-0.3, -0.25) is 0 Å². The van der Waals surface area contributed by atoms with Gasteiger partial charge < -0.3 is 5.32 Å². The fourth-order valence-corrected chi connectivity index (χ4v) is 1.70. The van der Waals surface area contributed by atoms with E-state index < -0.39 is 0 Å². The predicted molar refractivity (Wildman–Crippen MR) is 62.6 cm³/mol. The number of hydrogen-bond acceptors (Lipinski definition) is 1. The molecular formula is C13H21N. The van der Waals surface area contributed by atoms with Crippen molar-refractivity contribution in [3.05, 3.63) is 34.9 Å². The molecule has 1 rings (SSSR count). The number of hydrogen-bond donors (Lipinski definition) is 1. The molecule has 0 aliphatic rings. The van der Waals surface area contributed by atoms with Gasteiger partial charge in [-0.2, -0.15) is 0 Å². The zero-order chi connectivity index (χ0) is 10.6. The molecule has 0 bridgehead atoms. The molecule has 1 atom stereocenters. The Kier molecular flexibility index (Phi) is 4.15. The van der Waals surface area contributed by atoms with Gasteiger partial charge in [-0.15, -0.1) is 0 Å². The maximum absolute atomic E-state index is 3.52. The third kappa shape index (κ3) is 2.85. The zero-order valence-electron chi connectivity index (χ0n) is 9.72. The van der Waals surface area contributed by atoms with E-state index in [0.29, 0.717) is 6.04 Å². The van der Waals surface area contributed by atoms with Gasteiger partial charge >= 0.3 is 0 Å². The summed E-state index contributed by atoms with van der Waals surface area (Å²) in [6, 6.07) is 7.12. The molecule has 1 aromatic rings. The molecule has 1 nitrogen and oxygen atoms in total. The van der Waals surface area contributed by atoms with Crippen LogP contribution in [-0.4, -0.2) is 6.54 Å². The van der Waals surface area contributed by atoms with Gasteiger partial charge in [0.1, 0.15) is 0 Å². The van der Waals surface area contributed by atoms with Gasteiger partial charge in [0.2, 0.25) is 0 Å². The summed E-state index contributed by atoms with van der Waals surface area (Å²) >= 11 is 0. The topological polar surface area (TPSA) is 12.0 Å². The highest BCUT2D eigenvalue weighted by Gasteiger charge is 2.06. The summed E-state index contributed by atoms with van der Waals surface area (Å²) in [5.74, 6) is 0. The Morgan fingerprint density at radius 1 is 1.29 bits per heavy atom. The first-order valence-electron chi connectivity index (χ1n) is 5.45. The Morgan fingerprint density at radius 2 is 2.00 bits per heavy atom. The maximum Gasteiger partial charge on any atom is 0.0294 e. The van der Waals surface area contributed by atoms with E-state index >= 15 is 0 Å². The highest BCUT2D eigenvalue weighted by molar-refractivity contribution is 5.32. The standard InChI is InChI=1S/C13H21N/c1-5-8-14-12(4)13-9-10(2)6-7-11(13)3/h6-7,9,12,14H,5,8H2,1-4H3. The van der Waals surface area contributed by atoms with Gasteiger partial charge in [-0.05, 0) is 44.9 Å². The van der Waals surface area contributed by atoms with E-state index in [1.165, 1.54) is 23.1 Å². The van der Waals surface area contributed by atoms with Crippen LogP contribution in [0.1, 0.15) is 43.0 Å². The minimum absolute atomic E-state index is 0.467. The van der Waals surface area contributed by atoms with Crippen LogP contribution in [0, 0.1) is 13.8 Å². The first kappa shape index (κ1) is 11.3. The van der Waals surface area contributed by atoms with Crippen molar-refractivity contribution in [2.24, 2.45) is 0 Å². The first-order valence-corrected chi connectivity index (χ1v) is 5.45. The first-order chi connectivity index (χ1) is 6.65. The summed E-state index contributed by atoms with van der Waals surface area (Å²) in [6.45, 7) is 9.85. The molecule has 1 heteroatoms. The third-order valence-corrected chi connectivity index (χ3v) is 2.60. The largest absolute Gasteiger partial charge is 0.310 e. The molecular weight excluding hydrogens is 170 g/mol. The van der Waals surface area contributed by atoms with Gasteiger partial charge in [0.25, 0.3) is 0 Å². The molecule has 0 heterocycles. The van der Waals surface area contributed by atoms with Crippen LogP contribution >= 0.6 is 0 Å². The van der Waals surface area contributed by atoms with E-state index in [4.69, 9.17) is 0 Å². The number of rotatable bonds is 4. The van der Waals surface area contributed by atoms with Crippen LogP contribution in [0.25, 0.3) is 0 Å². The van der Waals surface area contributed by atoms with Crippen LogP contribution in [0.4, 0.5) is 0 Å². The Morgan fingerprint density at radius 3 is 2.64 bits per heavy atom. The average Bonchev–Trinajstić information content (AvgIpc) is 2.18. The quantitative estimate of drug-likeness (QED) is 0.769. The Bertz CT molecular complexity index is 291. The van der Waals surface area contributed by atoms with Crippen LogP contribution in [0.15, 0.2) is 18.2 Å². The summed E-state index contributed by atoms with van der Waals surface area (Å²) in [6.07, 6.45) is 1.19. The summed E-state index contributed by atoms with van der Waals surface area (Å²) in [4.78, 5) is 0. The van der Waals surface area contributed by atoms with Crippen LogP contribution < -0.4 is 5.32 Å². The van der Waals surface area contributed by atoms with Gasteiger partial charge in [0, 0.05) is 6.04 Å². The van der Waals surface area contributed by atoms with Crippen LogP contribution in [0.2, 0.25) is 0 Å². The molecule has 0 aromatic heterocycles. The van der Waals surface area contributed by atoms with Crippen LogP contribution in [0.5, 0.6) is 0 Å². The van der Waals surface area contributed by atoms with E-state index in [1.807, 2.05) is 0 Å². The lowest BCUT2D eigenvalue weighted by Gasteiger charge is -2.16. The summed E-state index contributed by atoms with van der Waals surface area (Å²) < 4.78 is 0. The van der Waals surface area contributed by atoms with Crippen molar-refractivity contribution in [3.8, 4) is 0 Å². The molecule has 0 aliphatic carbocycles. The summed E-state index contributed by atoms with van der Waals surface area (Å²) in [5, 5.41) is 3.52. The molecule has 1 N–H and O–H groups in total. The molecule has 78 valence electrons. The van der Waals surface area contributed by atoms with Crippen molar-refractivity contribution < 1.29 is 0 Å². The molecule has 0 amide bonds. The lowest BCUT2D eigenvalue weighted by Crippen LogP contribution is -2.20. The monoisotopic (exact) mass is 191 g/mol. The third-order valence-electron chi connectivity index (χ3n) is 2.60. The van der Waals surface area contributed by atoms with Gasteiger partial charge in [0.05, 0.1) is 0 Å². The summed E-state index contributed by atoms with van der Waals surface area (Å²) in [5.41, 5.74) is 4.15. The van der Waals surface area contributed by atoms with Crippen molar-refractivity contribution >= 4 is 0 Å². The minimum Gasteiger partial charge on any atom is -0.310 e. The number of aryl methyl sites for hydroxylation is 2. The number of benzene rings is 1. The molecule has 0 spiro atoms. The Hall–Kier alpha value is -0.820. The van der Waals surface area contributed by atoms with Crippen LogP contribution in [-0.2, 0) is 0 Å². The highest BCUT2D eigenvalue weighted by atomic mass is 14.9. The fourth-order valence-electron chi connectivity index (χ4n) is 1.70. The lowest BCUT2D eigenvalue weighted by molar-refractivity contribution is 0.568. The second-order valence-electron chi connectivity index (χ2n) is 4.04. The van der Waals surface area contributed by atoms with E-state index in [-0.39, 0.29) is 0 Å². The van der Waals surface area contributed by atoms with E-state index in [2.05, 4.69) is 51.2 Å². The molecule has 0 saturated carbocycles. The van der Waals surface area contributed by atoms with Crippen molar-refractivity contribution in [2.45, 2.75) is 40.2 Å². The van der Waals surface area contributed by atoms with Crippen LogP contribution in [0.3, 0.4) is 0 Å². The molecule has 0 saturated heterocycles. The second-order valence-corrected chi connectivity index (χ2v) is 4.04. The smallest absolute Gasteiger partial charge is 0.0294 e. The highest BCUT2D eigenvalue weighted by Crippen LogP contribution is 2.18. The fraction of sp³-hybridized carbons (Fsp3) is 0.538. The van der Waals surface area contributed by atoms with Crippen molar-refractivity contribution in [2.75, 3.05) is 6.54 Å². The molecule has 0 radical (unpaired) electrons. The normalized spacial score (nSPS) is 12.9. The zero-order valence-corrected chi connectivity index (χ0v) is 9.72. The lowest BCUT2D eigenvalue weighted by atomic mass is 10.00. The van der Waals surface area contributed by atoms with Gasteiger partial charge in [-0.1, -0.05) is 30.7 Å². The Labute approximate surface area is 87.5 Å². The maximum atomic E-state index is 3.52. The van der Waals surface area contributed by atoms with E-state index in [1.54, 1.807) is 0 Å². The van der Waals surface area contributed by atoms with Gasteiger partial charge in [-0.25, -0.2) is 0 Å².